The number of nitrogens with zero attached hydrogens (tertiary/aromatic N) is 2. The van der Waals surface area contributed by atoms with E-state index in [4.69, 9.17) is 4.74 Å². The van der Waals surface area contributed by atoms with E-state index in [1.165, 1.54) is 0 Å². The number of aromatic amines is 2. The van der Waals surface area contributed by atoms with Crippen LogP contribution in [0.3, 0.4) is 0 Å². The molecule has 2 aromatic rings. The summed E-state index contributed by atoms with van der Waals surface area (Å²) in [4.78, 5) is 12.3. The Morgan fingerprint density at radius 1 is 1.45 bits per heavy atom. The molecule has 118 valence electrons. The molecule has 0 saturated carbocycles. The number of rotatable bonds is 4. The van der Waals surface area contributed by atoms with Crippen molar-refractivity contribution in [2.45, 2.75) is 32.8 Å². The van der Waals surface area contributed by atoms with E-state index in [1.807, 2.05) is 19.9 Å². The smallest absolute Gasteiger partial charge is 0.272 e. The van der Waals surface area contributed by atoms with Crippen LogP contribution in [0, 0.1) is 19.8 Å². The Hall–Kier alpha value is -2.15. The monoisotopic (exact) mass is 303 g/mol. The molecule has 2 aromatic heterocycles. The zero-order valence-corrected chi connectivity index (χ0v) is 12.8. The molecule has 3 N–H and O–H groups in total. The highest BCUT2D eigenvalue weighted by molar-refractivity contribution is 5.93. The van der Waals surface area contributed by atoms with Crippen LogP contribution in [0.5, 0.6) is 0 Å². The second-order valence-corrected chi connectivity index (χ2v) is 5.74. The Bertz CT molecular complexity index is 634. The molecule has 0 spiro atoms. The Morgan fingerprint density at radius 3 is 3.00 bits per heavy atom. The minimum Gasteiger partial charge on any atom is -0.372 e. The van der Waals surface area contributed by atoms with Gasteiger partial charge in [-0.1, -0.05) is 0 Å². The second-order valence-electron chi connectivity index (χ2n) is 5.74. The SMILES string of the molecule is Cc1[nH]nc(C(=O)NC[C@@H]2CCCO[C@H]2c2ccn[nH]2)c1C. The van der Waals surface area contributed by atoms with Gasteiger partial charge in [-0.15, -0.1) is 0 Å². The molecular formula is C15H21N5O2. The maximum Gasteiger partial charge on any atom is 0.272 e. The van der Waals surface area contributed by atoms with Gasteiger partial charge < -0.3 is 10.1 Å². The number of nitrogens with one attached hydrogen (secondary N) is 3. The second kappa shape index (κ2) is 6.31. The summed E-state index contributed by atoms with van der Waals surface area (Å²) in [6.07, 6.45) is 3.70. The van der Waals surface area contributed by atoms with Crippen LogP contribution in [0.4, 0.5) is 0 Å². The third-order valence-corrected chi connectivity index (χ3v) is 4.27. The van der Waals surface area contributed by atoms with Crippen molar-refractivity contribution in [1.29, 1.82) is 0 Å². The normalized spacial score (nSPS) is 21.7. The third kappa shape index (κ3) is 2.89. The fourth-order valence-electron chi connectivity index (χ4n) is 2.83. The Labute approximate surface area is 128 Å². The first kappa shape index (κ1) is 14.8. The van der Waals surface area contributed by atoms with Crippen LogP contribution in [0.1, 0.15) is 46.4 Å². The molecule has 0 radical (unpaired) electrons. The Balaban J connectivity index is 1.64. The molecule has 3 heterocycles. The molecular weight excluding hydrogens is 282 g/mol. The van der Waals surface area contributed by atoms with Crippen LogP contribution < -0.4 is 5.32 Å². The van der Waals surface area contributed by atoms with Crippen LogP contribution in [-0.4, -0.2) is 39.5 Å². The summed E-state index contributed by atoms with van der Waals surface area (Å²) in [5, 5.41) is 16.8. The van der Waals surface area contributed by atoms with Gasteiger partial charge in [-0.25, -0.2) is 0 Å². The lowest BCUT2D eigenvalue weighted by Gasteiger charge is -2.31. The van der Waals surface area contributed by atoms with E-state index in [0.717, 1.165) is 36.4 Å². The molecule has 7 heteroatoms. The van der Waals surface area contributed by atoms with E-state index < -0.39 is 0 Å². The van der Waals surface area contributed by atoms with Crippen molar-refractivity contribution in [3.8, 4) is 0 Å². The molecule has 2 atom stereocenters. The lowest BCUT2D eigenvalue weighted by Crippen LogP contribution is -2.35. The fourth-order valence-corrected chi connectivity index (χ4v) is 2.83. The van der Waals surface area contributed by atoms with Crippen molar-refractivity contribution in [3.05, 3.63) is 34.9 Å². The third-order valence-electron chi connectivity index (χ3n) is 4.27. The Morgan fingerprint density at radius 2 is 2.32 bits per heavy atom. The first-order valence-corrected chi connectivity index (χ1v) is 7.57. The minimum atomic E-state index is -0.143. The van der Waals surface area contributed by atoms with Gasteiger partial charge in [0.15, 0.2) is 5.69 Å². The summed E-state index contributed by atoms with van der Waals surface area (Å²) in [7, 11) is 0. The van der Waals surface area contributed by atoms with Crippen LogP contribution >= 0.6 is 0 Å². The number of hydrogen-bond donors (Lipinski definition) is 3. The van der Waals surface area contributed by atoms with Crippen molar-refractivity contribution in [3.63, 3.8) is 0 Å². The van der Waals surface area contributed by atoms with Gasteiger partial charge in [0.25, 0.3) is 5.91 Å². The first-order chi connectivity index (χ1) is 10.7. The highest BCUT2D eigenvalue weighted by Crippen LogP contribution is 2.32. The van der Waals surface area contributed by atoms with Crippen molar-refractivity contribution < 1.29 is 9.53 Å². The van der Waals surface area contributed by atoms with Gasteiger partial charge in [0.1, 0.15) is 6.10 Å². The molecule has 3 rings (SSSR count). The highest BCUT2D eigenvalue weighted by Gasteiger charge is 2.29. The van der Waals surface area contributed by atoms with E-state index in [-0.39, 0.29) is 17.9 Å². The largest absolute Gasteiger partial charge is 0.372 e. The van der Waals surface area contributed by atoms with Gasteiger partial charge in [0, 0.05) is 36.5 Å². The molecule has 1 fully saturated rings. The summed E-state index contributed by atoms with van der Waals surface area (Å²) < 4.78 is 5.86. The molecule has 1 aliphatic heterocycles. The van der Waals surface area contributed by atoms with Crippen LogP contribution in [0.15, 0.2) is 12.3 Å². The summed E-state index contributed by atoms with van der Waals surface area (Å²) in [5.41, 5.74) is 3.24. The van der Waals surface area contributed by atoms with Gasteiger partial charge in [0.05, 0.1) is 5.69 Å². The van der Waals surface area contributed by atoms with Crippen LogP contribution in [0.2, 0.25) is 0 Å². The zero-order chi connectivity index (χ0) is 15.5. The lowest BCUT2D eigenvalue weighted by atomic mass is 9.92. The highest BCUT2D eigenvalue weighted by atomic mass is 16.5. The molecule has 0 bridgehead atoms. The number of ether oxygens (including phenoxy) is 1. The van der Waals surface area contributed by atoms with Crippen molar-refractivity contribution in [1.82, 2.24) is 25.7 Å². The van der Waals surface area contributed by atoms with Crippen molar-refractivity contribution in [2.24, 2.45) is 5.92 Å². The van der Waals surface area contributed by atoms with Gasteiger partial charge in [0.2, 0.25) is 0 Å². The molecule has 1 saturated heterocycles. The van der Waals surface area contributed by atoms with Crippen LogP contribution in [0.25, 0.3) is 0 Å². The van der Waals surface area contributed by atoms with Gasteiger partial charge in [-0.3, -0.25) is 15.0 Å². The van der Waals surface area contributed by atoms with Crippen LogP contribution in [-0.2, 0) is 4.74 Å². The number of aromatic nitrogens is 4. The maximum absolute atomic E-state index is 12.3. The summed E-state index contributed by atoms with van der Waals surface area (Å²) >= 11 is 0. The average Bonchev–Trinajstić information content (AvgIpc) is 3.17. The summed E-state index contributed by atoms with van der Waals surface area (Å²) in [6.45, 7) is 5.10. The van der Waals surface area contributed by atoms with E-state index in [9.17, 15) is 4.79 Å². The van der Waals surface area contributed by atoms with Gasteiger partial charge in [-0.05, 0) is 32.8 Å². The molecule has 0 aliphatic carbocycles. The molecule has 0 unspecified atom stereocenters. The summed E-state index contributed by atoms with van der Waals surface area (Å²) in [6, 6.07) is 1.92. The minimum absolute atomic E-state index is 0.0430. The number of hydrogen-bond acceptors (Lipinski definition) is 4. The number of amides is 1. The predicted molar refractivity (Wildman–Crippen MR) is 80.4 cm³/mol. The molecule has 1 amide bonds. The van der Waals surface area contributed by atoms with Crippen molar-refractivity contribution >= 4 is 5.91 Å². The Kier molecular flexibility index (Phi) is 4.24. The quantitative estimate of drug-likeness (QED) is 0.800. The van der Waals surface area contributed by atoms with E-state index in [0.29, 0.717) is 12.2 Å². The standard InChI is InChI=1S/C15H21N5O2/c1-9-10(2)18-20-13(9)15(21)16-8-11-4-3-7-22-14(11)12-5-6-17-19-12/h5-6,11,14H,3-4,7-8H2,1-2H3,(H,16,21)(H,17,19)(H,18,20)/t11-,14+/m0/s1. The van der Waals surface area contributed by atoms with Gasteiger partial charge >= 0.3 is 0 Å². The van der Waals surface area contributed by atoms with Gasteiger partial charge in [-0.2, -0.15) is 10.2 Å². The summed E-state index contributed by atoms with van der Waals surface area (Å²) in [5.74, 6) is 0.0919. The molecule has 7 nitrogen and oxygen atoms in total. The fraction of sp³-hybridized carbons (Fsp3) is 0.533. The lowest BCUT2D eigenvalue weighted by molar-refractivity contribution is -0.0297. The van der Waals surface area contributed by atoms with E-state index in [1.54, 1.807) is 6.20 Å². The van der Waals surface area contributed by atoms with Crippen molar-refractivity contribution in [2.75, 3.05) is 13.2 Å². The zero-order valence-electron chi connectivity index (χ0n) is 12.8. The van der Waals surface area contributed by atoms with E-state index in [2.05, 4.69) is 25.7 Å². The average molecular weight is 303 g/mol. The predicted octanol–water partition coefficient (Wildman–Crippen LogP) is 1.65. The number of aryl methyl sites for hydroxylation is 1. The first-order valence-electron chi connectivity index (χ1n) is 7.57. The number of H-pyrrole nitrogens is 2. The number of carbonyl (C=O) groups is 1. The topological polar surface area (TPSA) is 95.7 Å². The molecule has 22 heavy (non-hydrogen) atoms. The van der Waals surface area contributed by atoms with E-state index >= 15 is 0 Å². The number of carbonyl (C=O) groups excluding carboxylic acids is 1. The molecule has 0 aromatic carbocycles. The maximum atomic E-state index is 12.3. The molecule has 1 aliphatic rings.